The molecule has 7 heteroatoms. The summed E-state index contributed by atoms with van der Waals surface area (Å²) < 4.78 is 37.8. The van der Waals surface area contributed by atoms with Crippen molar-refractivity contribution in [1.29, 1.82) is 5.26 Å². The van der Waals surface area contributed by atoms with Crippen LogP contribution in [-0.2, 0) is 10.9 Å². The lowest BCUT2D eigenvalue weighted by Gasteiger charge is -2.00. The quantitative estimate of drug-likeness (QED) is 0.742. The van der Waals surface area contributed by atoms with Crippen LogP contribution in [0, 0.1) is 17.1 Å². The maximum absolute atomic E-state index is 12.5. The highest BCUT2D eigenvalue weighted by Gasteiger charge is 2.01. The third-order valence-corrected chi connectivity index (χ3v) is 1.83. The van der Waals surface area contributed by atoms with Crippen LogP contribution < -0.4 is 9.46 Å². The van der Waals surface area contributed by atoms with Gasteiger partial charge in [0.25, 0.3) is 0 Å². The van der Waals surface area contributed by atoms with Crippen molar-refractivity contribution in [2.24, 2.45) is 0 Å². The summed E-state index contributed by atoms with van der Waals surface area (Å²) in [6.07, 6.45) is 0. The van der Waals surface area contributed by atoms with E-state index in [-0.39, 0.29) is 5.56 Å². The van der Waals surface area contributed by atoms with Crippen molar-refractivity contribution < 1.29 is 17.5 Å². The van der Waals surface area contributed by atoms with Crippen molar-refractivity contribution in [3.05, 3.63) is 29.6 Å². The van der Waals surface area contributed by atoms with Crippen LogP contribution in [0.4, 0.5) is 4.39 Å². The Labute approximate surface area is 94.5 Å². The molecule has 0 aromatic heterocycles. The van der Waals surface area contributed by atoms with E-state index < -0.39 is 16.7 Å². The zero-order valence-corrected chi connectivity index (χ0v) is 9.62. The molecule has 1 aromatic carbocycles. The topological polar surface area (TPSA) is 79.2 Å². The van der Waals surface area contributed by atoms with E-state index in [0.717, 1.165) is 6.07 Å². The van der Waals surface area contributed by atoms with Gasteiger partial charge in [-0.1, -0.05) is 0 Å². The van der Waals surface area contributed by atoms with Crippen molar-refractivity contribution >= 4 is 10.9 Å². The average molecular weight is 246 g/mol. The second-order valence-corrected chi connectivity index (χ2v) is 3.40. The van der Waals surface area contributed by atoms with Gasteiger partial charge in [-0.3, -0.25) is 0 Å². The number of nitriles is 1. The predicted molar refractivity (Wildman–Crippen MR) is 57.0 cm³/mol. The molecule has 0 spiro atoms. The number of nitrogens with zero attached hydrogens (tertiary/aromatic N) is 1. The fourth-order valence-electron chi connectivity index (χ4n) is 0.768. The van der Waals surface area contributed by atoms with Crippen LogP contribution >= 0.6 is 0 Å². The Morgan fingerprint density at radius 2 is 2.06 bits per heavy atom. The highest BCUT2D eigenvalue weighted by atomic mass is 32.2. The molecule has 0 bridgehead atoms. The first-order chi connectivity index (χ1) is 7.54. The van der Waals surface area contributed by atoms with Crippen LogP contribution in [0.2, 0.25) is 0 Å². The van der Waals surface area contributed by atoms with Crippen molar-refractivity contribution in [1.82, 2.24) is 4.72 Å². The molecule has 0 fully saturated rings. The zero-order valence-electron chi connectivity index (χ0n) is 8.73. The smallest absolute Gasteiger partial charge is 0.201 e. The van der Waals surface area contributed by atoms with Gasteiger partial charge in [0.05, 0.1) is 12.7 Å². The Morgan fingerprint density at radius 1 is 1.50 bits per heavy atom. The number of rotatable bonds is 2. The summed E-state index contributed by atoms with van der Waals surface area (Å²) in [5.41, 5.74) is 0.215. The van der Waals surface area contributed by atoms with Gasteiger partial charge in [0.15, 0.2) is 0 Å². The molecular formula is C9H11FN2O3S. The van der Waals surface area contributed by atoms with E-state index in [4.69, 9.17) is 10.00 Å². The molecule has 5 nitrogen and oxygen atoms in total. The number of ether oxygens (including phenoxy) is 1. The molecule has 1 rings (SSSR count). The Hall–Kier alpha value is -1.65. The largest absolute Gasteiger partial charge is 0.495 e. The first-order valence-electron chi connectivity index (χ1n) is 4.10. The van der Waals surface area contributed by atoms with Gasteiger partial charge in [-0.25, -0.2) is 17.5 Å². The molecule has 0 heterocycles. The maximum Gasteiger partial charge on any atom is 0.201 e. The van der Waals surface area contributed by atoms with E-state index in [9.17, 15) is 12.8 Å². The molecule has 0 saturated carbocycles. The predicted octanol–water partition coefficient (Wildman–Crippen LogP) is 0.438. The van der Waals surface area contributed by atoms with Gasteiger partial charge in [0.1, 0.15) is 17.6 Å². The number of halogens is 1. The van der Waals surface area contributed by atoms with Crippen LogP contribution in [-0.4, -0.2) is 22.6 Å². The number of methoxy groups -OCH3 is 1. The molecule has 16 heavy (non-hydrogen) atoms. The molecule has 0 saturated heterocycles. The van der Waals surface area contributed by atoms with Gasteiger partial charge < -0.3 is 4.74 Å². The van der Waals surface area contributed by atoms with E-state index >= 15 is 0 Å². The standard InChI is InChI=1S/C8H6FNO.CH5NO2S/c1-11-8-3-2-7(9)4-6(8)5-10;1-2-5(3)4/h2-4H,1H3;5H,1H3,(H,2,3,4). The van der Waals surface area contributed by atoms with Crippen LogP contribution in [0.25, 0.3) is 0 Å². The van der Waals surface area contributed by atoms with Gasteiger partial charge in [-0.05, 0) is 25.2 Å². The van der Waals surface area contributed by atoms with E-state index in [1.54, 1.807) is 0 Å². The molecule has 1 N–H and O–H groups in total. The lowest BCUT2D eigenvalue weighted by molar-refractivity contribution is 0.412. The number of nitrogens with one attached hydrogen (secondary N) is 1. The summed E-state index contributed by atoms with van der Waals surface area (Å²) in [5, 5.41) is 8.48. The summed E-state index contributed by atoms with van der Waals surface area (Å²) >= 11 is 0. The molecule has 0 radical (unpaired) electrons. The number of hydrogen-bond donors (Lipinski definition) is 2. The molecule has 0 amide bonds. The van der Waals surface area contributed by atoms with Gasteiger partial charge >= 0.3 is 0 Å². The van der Waals surface area contributed by atoms with Gasteiger partial charge in [-0.2, -0.15) is 5.26 Å². The maximum atomic E-state index is 12.5. The monoisotopic (exact) mass is 246 g/mol. The van der Waals surface area contributed by atoms with Gasteiger partial charge in [-0.15, -0.1) is 0 Å². The van der Waals surface area contributed by atoms with Crippen molar-refractivity contribution in [3.8, 4) is 11.8 Å². The number of benzene rings is 1. The first kappa shape index (κ1) is 14.3. The zero-order chi connectivity index (χ0) is 12.6. The third-order valence-electron chi connectivity index (χ3n) is 1.46. The normalized spacial score (nSPS) is 8.94. The van der Waals surface area contributed by atoms with Gasteiger partial charge in [0.2, 0.25) is 10.9 Å². The van der Waals surface area contributed by atoms with E-state index in [1.165, 1.54) is 26.3 Å². The minimum absolute atomic E-state index is 0.215. The van der Waals surface area contributed by atoms with Crippen molar-refractivity contribution in [3.63, 3.8) is 0 Å². The number of hydrogen-bond acceptors (Lipinski definition) is 4. The Bertz CT molecular complexity index is 447. The molecule has 0 aliphatic rings. The lowest BCUT2D eigenvalue weighted by Crippen LogP contribution is -1.99. The van der Waals surface area contributed by atoms with Crippen LogP contribution in [0.3, 0.4) is 0 Å². The van der Waals surface area contributed by atoms with Crippen molar-refractivity contribution in [2.75, 3.05) is 14.2 Å². The second-order valence-electron chi connectivity index (χ2n) is 2.44. The minimum Gasteiger partial charge on any atom is -0.495 e. The Kier molecular flexibility index (Phi) is 6.83. The molecule has 88 valence electrons. The summed E-state index contributed by atoms with van der Waals surface area (Å²) in [4.78, 5) is 0. The number of thiol groups is 1. The highest BCUT2D eigenvalue weighted by Crippen LogP contribution is 2.17. The van der Waals surface area contributed by atoms with Crippen LogP contribution in [0.15, 0.2) is 18.2 Å². The molecular weight excluding hydrogens is 235 g/mol. The first-order valence-corrected chi connectivity index (χ1v) is 5.28. The third kappa shape index (κ3) is 5.29. The summed E-state index contributed by atoms with van der Waals surface area (Å²) in [6.45, 7) is 0. The fraction of sp³-hybridized carbons (Fsp3) is 0.222. The van der Waals surface area contributed by atoms with E-state index in [0.29, 0.717) is 5.75 Å². The highest BCUT2D eigenvalue weighted by molar-refractivity contribution is 7.70. The lowest BCUT2D eigenvalue weighted by atomic mass is 10.2. The van der Waals surface area contributed by atoms with Crippen LogP contribution in [0.1, 0.15) is 5.56 Å². The average Bonchev–Trinajstić information content (AvgIpc) is 2.29. The summed E-state index contributed by atoms with van der Waals surface area (Å²) in [6, 6.07) is 5.63. The van der Waals surface area contributed by atoms with Gasteiger partial charge in [0, 0.05) is 0 Å². The minimum atomic E-state index is -2.35. The van der Waals surface area contributed by atoms with Crippen LogP contribution in [0.5, 0.6) is 5.75 Å². The molecule has 0 aliphatic carbocycles. The molecule has 0 aliphatic heterocycles. The van der Waals surface area contributed by atoms with Crippen molar-refractivity contribution in [2.45, 2.75) is 0 Å². The molecule has 1 aromatic rings. The summed E-state index contributed by atoms with van der Waals surface area (Å²) in [7, 11) is 0.443. The Morgan fingerprint density at radius 3 is 2.44 bits per heavy atom. The molecule has 0 unspecified atom stereocenters. The van der Waals surface area contributed by atoms with E-state index in [1.807, 2.05) is 10.8 Å². The molecule has 0 atom stereocenters. The summed E-state index contributed by atoms with van der Waals surface area (Å²) in [5.74, 6) is -0.0312. The Balaban J connectivity index is 0.000000385. The van der Waals surface area contributed by atoms with E-state index in [2.05, 4.69) is 0 Å². The SMILES string of the molecule is CN[SH](=O)=O.COc1ccc(F)cc1C#N. The second kappa shape index (κ2) is 7.62. The fourth-order valence-corrected chi connectivity index (χ4v) is 0.768.